The van der Waals surface area contributed by atoms with Crippen molar-refractivity contribution in [2.24, 2.45) is 5.92 Å². The molecule has 0 saturated carbocycles. The molecule has 2 aromatic rings. The van der Waals surface area contributed by atoms with Gasteiger partial charge in [-0.25, -0.2) is 4.79 Å². The maximum Gasteiger partial charge on any atom is 0.336 e. The molecule has 2 heterocycles. The monoisotopic (exact) mass is 330 g/mol. The van der Waals surface area contributed by atoms with Gasteiger partial charge in [-0.1, -0.05) is 13.8 Å². The maximum absolute atomic E-state index is 12.0. The molecule has 0 spiro atoms. The van der Waals surface area contributed by atoms with Crippen molar-refractivity contribution in [3.63, 3.8) is 0 Å². The second-order valence-electron chi connectivity index (χ2n) is 6.53. The van der Waals surface area contributed by atoms with Gasteiger partial charge in [0.1, 0.15) is 11.3 Å². The molecule has 128 valence electrons. The van der Waals surface area contributed by atoms with E-state index >= 15 is 0 Å². The minimum absolute atomic E-state index is 0.0203. The van der Waals surface area contributed by atoms with Gasteiger partial charge in [0, 0.05) is 56.2 Å². The van der Waals surface area contributed by atoms with E-state index in [1.165, 1.54) is 12.1 Å². The Morgan fingerprint density at radius 3 is 2.58 bits per heavy atom. The molecule has 3 rings (SSSR count). The van der Waals surface area contributed by atoms with Crippen molar-refractivity contribution in [1.82, 2.24) is 9.80 Å². The minimum atomic E-state index is -0.420. The Bertz CT molecular complexity index is 804. The SMILES string of the molecule is CC(C)C(=O)N1CCN(Cc2cc(=O)oc3cc(O)ccc23)CC1. The average molecular weight is 330 g/mol. The minimum Gasteiger partial charge on any atom is -0.508 e. The normalized spacial score (nSPS) is 16.0. The van der Waals surface area contributed by atoms with E-state index in [1.807, 2.05) is 18.7 Å². The molecule has 1 aromatic heterocycles. The van der Waals surface area contributed by atoms with Crippen LogP contribution in [-0.2, 0) is 11.3 Å². The van der Waals surface area contributed by atoms with Crippen LogP contribution in [0, 0.1) is 5.92 Å². The Hall–Kier alpha value is -2.34. The van der Waals surface area contributed by atoms with Gasteiger partial charge < -0.3 is 14.4 Å². The summed E-state index contributed by atoms with van der Waals surface area (Å²) in [5.74, 6) is 0.284. The second-order valence-corrected chi connectivity index (χ2v) is 6.53. The largest absolute Gasteiger partial charge is 0.508 e. The number of rotatable bonds is 3. The summed E-state index contributed by atoms with van der Waals surface area (Å²) in [7, 11) is 0. The molecule has 1 amide bonds. The van der Waals surface area contributed by atoms with Crippen molar-refractivity contribution in [3.8, 4) is 5.75 Å². The Morgan fingerprint density at radius 1 is 1.21 bits per heavy atom. The molecule has 0 unspecified atom stereocenters. The predicted molar refractivity (Wildman–Crippen MR) is 90.8 cm³/mol. The first-order chi connectivity index (χ1) is 11.4. The van der Waals surface area contributed by atoms with Crippen LogP contribution in [0.2, 0.25) is 0 Å². The molecule has 0 aliphatic carbocycles. The molecule has 0 atom stereocenters. The van der Waals surface area contributed by atoms with Gasteiger partial charge >= 0.3 is 5.63 Å². The van der Waals surface area contributed by atoms with Gasteiger partial charge in [0.15, 0.2) is 0 Å². The highest BCUT2D eigenvalue weighted by Gasteiger charge is 2.23. The van der Waals surface area contributed by atoms with E-state index in [1.54, 1.807) is 12.1 Å². The maximum atomic E-state index is 12.0. The Morgan fingerprint density at radius 2 is 1.92 bits per heavy atom. The highest BCUT2D eigenvalue weighted by molar-refractivity contribution is 5.81. The second kappa shape index (κ2) is 6.65. The van der Waals surface area contributed by atoms with E-state index in [9.17, 15) is 14.7 Å². The van der Waals surface area contributed by atoms with E-state index in [4.69, 9.17) is 4.42 Å². The number of phenols is 1. The third-order valence-corrected chi connectivity index (χ3v) is 4.39. The van der Waals surface area contributed by atoms with Crippen LogP contribution in [0.4, 0.5) is 0 Å². The molecular formula is C18H22N2O4. The van der Waals surface area contributed by atoms with Gasteiger partial charge in [-0.3, -0.25) is 9.69 Å². The van der Waals surface area contributed by atoms with Crippen LogP contribution in [0.15, 0.2) is 33.5 Å². The zero-order valence-corrected chi connectivity index (χ0v) is 14.0. The van der Waals surface area contributed by atoms with Crippen LogP contribution in [0.5, 0.6) is 5.75 Å². The number of aromatic hydroxyl groups is 1. The predicted octanol–water partition coefficient (Wildman–Crippen LogP) is 1.80. The molecule has 1 N–H and O–H groups in total. The number of hydrogen-bond donors (Lipinski definition) is 1. The Kier molecular flexibility index (Phi) is 4.57. The third-order valence-electron chi connectivity index (χ3n) is 4.39. The fourth-order valence-electron chi connectivity index (χ4n) is 3.08. The van der Waals surface area contributed by atoms with Gasteiger partial charge in [-0.05, 0) is 17.7 Å². The zero-order valence-electron chi connectivity index (χ0n) is 14.0. The standard InChI is InChI=1S/C18H22N2O4/c1-12(2)18(23)20-7-5-19(6-8-20)11-13-9-17(22)24-16-10-14(21)3-4-15(13)16/h3-4,9-10,12,21H,5-8,11H2,1-2H3. The van der Waals surface area contributed by atoms with Gasteiger partial charge in [0.2, 0.25) is 5.91 Å². The molecule has 1 fully saturated rings. The van der Waals surface area contributed by atoms with E-state index < -0.39 is 5.63 Å². The first kappa shape index (κ1) is 16.5. The van der Waals surface area contributed by atoms with Crippen molar-refractivity contribution in [1.29, 1.82) is 0 Å². The lowest BCUT2D eigenvalue weighted by Crippen LogP contribution is -2.49. The first-order valence-electron chi connectivity index (χ1n) is 8.21. The fourth-order valence-corrected chi connectivity index (χ4v) is 3.08. The van der Waals surface area contributed by atoms with Crippen LogP contribution in [-0.4, -0.2) is 47.0 Å². The summed E-state index contributed by atoms with van der Waals surface area (Å²) in [6, 6.07) is 6.32. The number of piperazine rings is 1. The van der Waals surface area contributed by atoms with Crippen molar-refractivity contribution in [2.45, 2.75) is 20.4 Å². The zero-order chi connectivity index (χ0) is 17.3. The number of nitrogens with zero attached hydrogens (tertiary/aromatic N) is 2. The van der Waals surface area contributed by atoms with E-state index in [0.29, 0.717) is 25.2 Å². The van der Waals surface area contributed by atoms with Crippen LogP contribution >= 0.6 is 0 Å². The number of amides is 1. The summed E-state index contributed by atoms with van der Waals surface area (Å²) < 4.78 is 5.16. The molecule has 1 saturated heterocycles. The van der Waals surface area contributed by atoms with Gasteiger partial charge in [0.25, 0.3) is 0 Å². The van der Waals surface area contributed by atoms with Gasteiger partial charge in [-0.15, -0.1) is 0 Å². The van der Waals surface area contributed by atoms with Gasteiger partial charge in [-0.2, -0.15) is 0 Å². The third kappa shape index (κ3) is 3.43. The van der Waals surface area contributed by atoms with Crippen molar-refractivity contribution in [2.75, 3.05) is 26.2 Å². The summed E-state index contributed by atoms with van der Waals surface area (Å²) >= 11 is 0. The number of carbonyl (C=O) groups excluding carboxylic acids is 1. The van der Waals surface area contributed by atoms with Crippen molar-refractivity contribution in [3.05, 3.63) is 40.2 Å². The molecule has 0 radical (unpaired) electrons. The number of hydrogen-bond acceptors (Lipinski definition) is 5. The summed E-state index contributed by atoms with van der Waals surface area (Å²) in [5, 5.41) is 10.4. The summed E-state index contributed by atoms with van der Waals surface area (Å²) in [5.41, 5.74) is 0.854. The van der Waals surface area contributed by atoms with Crippen molar-refractivity contribution >= 4 is 16.9 Å². The highest BCUT2D eigenvalue weighted by atomic mass is 16.4. The van der Waals surface area contributed by atoms with Crippen LogP contribution in [0.1, 0.15) is 19.4 Å². The lowest BCUT2D eigenvalue weighted by atomic mass is 10.1. The fraction of sp³-hybridized carbons (Fsp3) is 0.444. The van der Waals surface area contributed by atoms with Crippen LogP contribution in [0.3, 0.4) is 0 Å². The van der Waals surface area contributed by atoms with Crippen LogP contribution < -0.4 is 5.63 Å². The Labute approximate surface area is 140 Å². The summed E-state index contributed by atoms with van der Waals surface area (Å²) in [6.45, 7) is 7.42. The lowest BCUT2D eigenvalue weighted by Gasteiger charge is -2.35. The summed E-state index contributed by atoms with van der Waals surface area (Å²) in [6.07, 6.45) is 0. The molecule has 0 bridgehead atoms. The number of benzene rings is 1. The molecule has 1 aliphatic heterocycles. The molecule has 24 heavy (non-hydrogen) atoms. The summed E-state index contributed by atoms with van der Waals surface area (Å²) in [4.78, 5) is 27.9. The Balaban J connectivity index is 1.75. The average Bonchev–Trinajstić information content (AvgIpc) is 2.54. The topological polar surface area (TPSA) is 74.0 Å². The molecule has 1 aliphatic rings. The smallest absolute Gasteiger partial charge is 0.336 e. The van der Waals surface area contributed by atoms with Crippen molar-refractivity contribution < 1.29 is 14.3 Å². The molecular weight excluding hydrogens is 308 g/mol. The van der Waals surface area contributed by atoms with Crippen LogP contribution in [0.25, 0.3) is 11.0 Å². The van der Waals surface area contributed by atoms with E-state index in [2.05, 4.69) is 4.90 Å². The van der Waals surface area contributed by atoms with E-state index in [0.717, 1.165) is 24.0 Å². The molecule has 6 nitrogen and oxygen atoms in total. The molecule has 1 aromatic carbocycles. The molecule has 6 heteroatoms. The van der Waals surface area contributed by atoms with E-state index in [-0.39, 0.29) is 17.6 Å². The number of fused-ring (bicyclic) bond motifs is 1. The lowest BCUT2D eigenvalue weighted by molar-refractivity contribution is -0.136. The number of phenolic OH excluding ortho intramolecular Hbond substituents is 1. The quantitative estimate of drug-likeness (QED) is 0.869. The highest BCUT2D eigenvalue weighted by Crippen LogP contribution is 2.23. The number of carbonyl (C=O) groups is 1. The first-order valence-corrected chi connectivity index (χ1v) is 8.21. The van der Waals surface area contributed by atoms with Gasteiger partial charge in [0.05, 0.1) is 0 Å².